The van der Waals surface area contributed by atoms with Crippen molar-refractivity contribution in [1.29, 1.82) is 0 Å². The standard InChI is InChI=1S/C16H21IN2O4/c1-10(2)9-23-16(22)19-8-13(20)7-14(19)15(21)18-12-5-3-11(17)4-6-12/h3-6,10,13-14,20H,7-9H2,1-2H3,(H,18,21)/t13-,14-/m0/s1. The number of nitrogens with zero attached hydrogens (tertiary/aromatic N) is 1. The van der Waals surface area contributed by atoms with Crippen LogP contribution in [0.5, 0.6) is 0 Å². The Bertz CT molecular complexity index is 562. The van der Waals surface area contributed by atoms with Gasteiger partial charge in [0.05, 0.1) is 19.3 Å². The van der Waals surface area contributed by atoms with Crippen molar-refractivity contribution in [3.8, 4) is 0 Å². The Balaban J connectivity index is 2.01. The van der Waals surface area contributed by atoms with E-state index in [1.54, 1.807) is 12.1 Å². The minimum absolute atomic E-state index is 0.113. The third-order valence-corrected chi connectivity index (χ3v) is 4.19. The fourth-order valence-electron chi connectivity index (χ4n) is 2.34. The van der Waals surface area contributed by atoms with Crippen LogP contribution in [0.2, 0.25) is 0 Å². The van der Waals surface area contributed by atoms with Gasteiger partial charge in [-0.1, -0.05) is 13.8 Å². The number of hydrogen-bond donors (Lipinski definition) is 2. The van der Waals surface area contributed by atoms with Crippen molar-refractivity contribution in [3.63, 3.8) is 0 Å². The van der Waals surface area contributed by atoms with Crippen molar-refractivity contribution < 1.29 is 19.4 Å². The van der Waals surface area contributed by atoms with Crippen molar-refractivity contribution in [3.05, 3.63) is 27.8 Å². The highest BCUT2D eigenvalue weighted by atomic mass is 127. The Morgan fingerprint density at radius 1 is 1.39 bits per heavy atom. The van der Waals surface area contributed by atoms with Gasteiger partial charge in [0.25, 0.3) is 0 Å². The van der Waals surface area contributed by atoms with Crippen LogP contribution in [0.15, 0.2) is 24.3 Å². The van der Waals surface area contributed by atoms with Gasteiger partial charge < -0.3 is 15.2 Å². The minimum Gasteiger partial charge on any atom is -0.449 e. The van der Waals surface area contributed by atoms with Gasteiger partial charge in [0.15, 0.2) is 0 Å². The highest BCUT2D eigenvalue weighted by Crippen LogP contribution is 2.21. The number of carbonyl (C=O) groups excluding carboxylic acids is 2. The molecule has 1 fully saturated rings. The van der Waals surface area contributed by atoms with Crippen LogP contribution >= 0.6 is 22.6 Å². The largest absolute Gasteiger partial charge is 0.449 e. The molecule has 0 aliphatic carbocycles. The number of ether oxygens (including phenoxy) is 1. The van der Waals surface area contributed by atoms with E-state index in [2.05, 4.69) is 27.9 Å². The Hall–Kier alpha value is -1.35. The van der Waals surface area contributed by atoms with Crippen LogP contribution < -0.4 is 5.32 Å². The van der Waals surface area contributed by atoms with E-state index in [0.29, 0.717) is 5.69 Å². The quantitative estimate of drug-likeness (QED) is 0.717. The summed E-state index contributed by atoms with van der Waals surface area (Å²) in [6.45, 7) is 4.28. The summed E-state index contributed by atoms with van der Waals surface area (Å²) < 4.78 is 6.24. The number of nitrogens with one attached hydrogen (secondary N) is 1. The molecule has 1 aromatic carbocycles. The zero-order valence-electron chi connectivity index (χ0n) is 13.2. The van der Waals surface area contributed by atoms with Gasteiger partial charge in [-0.3, -0.25) is 9.69 Å². The zero-order chi connectivity index (χ0) is 17.0. The lowest BCUT2D eigenvalue weighted by Gasteiger charge is -2.23. The molecule has 0 unspecified atom stereocenters. The molecule has 1 saturated heterocycles. The van der Waals surface area contributed by atoms with E-state index < -0.39 is 18.2 Å². The summed E-state index contributed by atoms with van der Waals surface area (Å²) in [7, 11) is 0. The fourth-order valence-corrected chi connectivity index (χ4v) is 2.70. The average Bonchev–Trinajstić information content (AvgIpc) is 2.89. The molecule has 0 saturated carbocycles. The van der Waals surface area contributed by atoms with Gasteiger partial charge in [-0.15, -0.1) is 0 Å². The Morgan fingerprint density at radius 2 is 2.04 bits per heavy atom. The molecule has 1 aliphatic heterocycles. The first kappa shape index (κ1) is 18.0. The van der Waals surface area contributed by atoms with E-state index in [4.69, 9.17) is 4.74 Å². The van der Waals surface area contributed by atoms with Gasteiger partial charge >= 0.3 is 6.09 Å². The molecule has 1 aromatic rings. The molecule has 0 spiro atoms. The number of anilines is 1. The highest BCUT2D eigenvalue weighted by Gasteiger charge is 2.39. The second kappa shape index (κ2) is 7.96. The Kier molecular flexibility index (Phi) is 6.23. The molecular weight excluding hydrogens is 411 g/mol. The van der Waals surface area contributed by atoms with Gasteiger partial charge in [0.1, 0.15) is 6.04 Å². The Morgan fingerprint density at radius 3 is 2.65 bits per heavy atom. The number of likely N-dealkylation sites (tertiary alicyclic amines) is 1. The van der Waals surface area contributed by atoms with Gasteiger partial charge in [-0.05, 0) is 52.8 Å². The molecule has 2 atom stereocenters. The predicted octanol–water partition coefficient (Wildman–Crippen LogP) is 2.46. The molecule has 2 rings (SSSR count). The molecule has 126 valence electrons. The maximum atomic E-state index is 12.4. The summed E-state index contributed by atoms with van der Waals surface area (Å²) in [4.78, 5) is 25.8. The maximum absolute atomic E-state index is 12.4. The molecule has 1 heterocycles. The summed E-state index contributed by atoms with van der Waals surface area (Å²) in [5, 5.41) is 12.6. The van der Waals surface area contributed by atoms with E-state index in [9.17, 15) is 14.7 Å². The fraction of sp³-hybridized carbons (Fsp3) is 0.500. The molecule has 0 bridgehead atoms. The van der Waals surface area contributed by atoms with E-state index >= 15 is 0 Å². The molecule has 0 radical (unpaired) electrons. The summed E-state index contributed by atoms with van der Waals surface area (Å²) in [5.41, 5.74) is 0.660. The second-order valence-electron chi connectivity index (χ2n) is 6.02. The minimum atomic E-state index is -0.719. The normalized spacial score (nSPS) is 20.7. The average molecular weight is 432 g/mol. The first-order valence-corrected chi connectivity index (χ1v) is 8.62. The van der Waals surface area contributed by atoms with Gasteiger partial charge in [-0.25, -0.2) is 4.79 Å². The third kappa shape index (κ3) is 5.07. The van der Waals surface area contributed by atoms with Crippen LogP contribution in [0.25, 0.3) is 0 Å². The Labute approximate surface area is 149 Å². The second-order valence-corrected chi connectivity index (χ2v) is 7.27. The SMILES string of the molecule is CC(C)COC(=O)N1C[C@@H](O)C[C@H]1C(=O)Nc1ccc(I)cc1. The number of hydrogen-bond acceptors (Lipinski definition) is 4. The summed E-state index contributed by atoms with van der Waals surface area (Å²) >= 11 is 2.18. The van der Waals surface area contributed by atoms with Crippen LogP contribution in [-0.2, 0) is 9.53 Å². The number of amides is 2. The molecule has 6 nitrogen and oxygen atoms in total. The lowest BCUT2D eigenvalue weighted by Crippen LogP contribution is -2.43. The monoisotopic (exact) mass is 432 g/mol. The molecule has 1 aliphatic rings. The van der Waals surface area contributed by atoms with Crippen molar-refractivity contribution in [2.24, 2.45) is 5.92 Å². The number of aliphatic hydroxyl groups is 1. The third-order valence-electron chi connectivity index (χ3n) is 3.47. The van der Waals surface area contributed by atoms with Crippen molar-refractivity contribution in [1.82, 2.24) is 4.90 Å². The number of benzene rings is 1. The first-order valence-electron chi connectivity index (χ1n) is 7.54. The van der Waals surface area contributed by atoms with Crippen molar-refractivity contribution >= 4 is 40.3 Å². The molecule has 0 aromatic heterocycles. The first-order chi connectivity index (χ1) is 10.9. The van der Waals surface area contributed by atoms with Crippen LogP contribution in [0, 0.1) is 9.49 Å². The van der Waals surface area contributed by atoms with E-state index in [0.717, 1.165) is 3.57 Å². The van der Waals surface area contributed by atoms with Gasteiger partial charge in [0, 0.05) is 15.7 Å². The summed E-state index contributed by atoms with van der Waals surface area (Å²) in [6.07, 6.45) is -1.06. The van der Waals surface area contributed by atoms with Gasteiger partial charge in [-0.2, -0.15) is 0 Å². The lowest BCUT2D eigenvalue weighted by molar-refractivity contribution is -0.120. The van der Waals surface area contributed by atoms with Crippen LogP contribution in [0.1, 0.15) is 20.3 Å². The van der Waals surface area contributed by atoms with Crippen LogP contribution in [0.3, 0.4) is 0 Å². The molecule has 2 N–H and O–H groups in total. The topological polar surface area (TPSA) is 78.9 Å². The van der Waals surface area contributed by atoms with Gasteiger partial charge in [0.2, 0.25) is 5.91 Å². The predicted molar refractivity (Wildman–Crippen MR) is 95.1 cm³/mol. The van der Waals surface area contributed by atoms with E-state index in [1.807, 2.05) is 26.0 Å². The summed E-state index contributed by atoms with van der Waals surface area (Å²) in [6, 6.07) is 6.64. The number of carbonyl (C=O) groups is 2. The highest BCUT2D eigenvalue weighted by molar-refractivity contribution is 14.1. The smallest absolute Gasteiger partial charge is 0.410 e. The van der Waals surface area contributed by atoms with Crippen LogP contribution in [-0.4, -0.2) is 47.3 Å². The lowest BCUT2D eigenvalue weighted by atomic mass is 10.2. The molecular formula is C16H21IN2O4. The van der Waals surface area contributed by atoms with Crippen molar-refractivity contribution in [2.75, 3.05) is 18.5 Å². The molecule has 2 amide bonds. The van der Waals surface area contributed by atoms with E-state index in [1.165, 1.54) is 4.90 Å². The molecule has 23 heavy (non-hydrogen) atoms. The van der Waals surface area contributed by atoms with Crippen LogP contribution in [0.4, 0.5) is 10.5 Å². The zero-order valence-corrected chi connectivity index (χ0v) is 15.3. The number of rotatable bonds is 4. The maximum Gasteiger partial charge on any atom is 0.410 e. The van der Waals surface area contributed by atoms with Crippen molar-refractivity contribution in [2.45, 2.75) is 32.4 Å². The summed E-state index contributed by atoms with van der Waals surface area (Å²) in [5.74, 6) is -0.102. The number of aliphatic hydroxyl groups excluding tert-OH is 1. The number of halogens is 1. The molecule has 7 heteroatoms. The number of β-amino-alcohol motifs (C(OH)–C–C–N with tert-alkyl or cyclic N) is 1. The van der Waals surface area contributed by atoms with E-state index in [-0.39, 0.29) is 31.4 Å².